The highest BCUT2D eigenvalue weighted by Crippen LogP contribution is 2.28. The summed E-state index contributed by atoms with van der Waals surface area (Å²) in [5, 5.41) is 11.3. The first kappa shape index (κ1) is 17.4. The van der Waals surface area contributed by atoms with Crippen LogP contribution in [0.3, 0.4) is 0 Å². The van der Waals surface area contributed by atoms with Crippen LogP contribution in [-0.4, -0.2) is 29.3 Å². The van der Waals surface area contributed by atoms with Gasteiger partial charge in [-0.25, -0.2) is 0 Å². The van der Waals surface area contributed by atoms with E-state index in [2.05, 4.69) is 5.32 Å². The Morgan fingerprint density at radius 1 is 1.33 bits per heavy atom. The van der Waals surface area contributed by atoms with Gasteiger partial charge in [-0.2, -0.15) is 8.78 Å². The van der Waals surface area contributed by atoms with Crippen molar-refractivity contribution >= 4 is 23.6 Å². The molecule has 21 heavy (non-hydrogen) atoms. The summed E-state index contributed by atoms with van der Waals surface area (Å²) in [5.41, 5.74) is 0.174. The minimum absolute atomic E-state index is 0.0375. The maximum absolute atomic E-state index is 12.4. The standard InChI is InChI=1S/C14H17F2NO3S/c1-2-9(7-12(18)19)8-17-13(20)10-5-3-4-6-11(10)21-14(15)16/h3-6,9,14H,2,7-8H2,1H3,(H,17,20)(H,18,19). The number of hydrogen-bond donors (Lipinski definition) is 2. The summed E-state index contributed by atoms with van der Waals surface area (Å²) in [4.78, 5) is 22.9. The van der Waals surface area contributed by atoms with Gasteiger partial charge in [0.2, 0.25) is 0 Å². The molecule has 4 nitrogen and oxygen atoms in total. The van der Waals surface area contributed by atoms with Crippen molar-refractivity contribution in [3.8, 4) is 0 Å². The molecule has 0 bridgehead atoms. The molecule has 1 amide bonds. The summed E-state index contributed by atoms with van der Waals surface area (Å²) in [6, 6.07) is 6.11. The molecule has 2 N–H and O–H groups in total. The fourth-order valence-corrected chi connectivity index (χ4v) is 2.43. The van der Waals surface area contributed by atoms with Gasteiger partial charge in [-0.1, -0.05) is 37.2 Å². The zero-order chi connectivity index (χ0) is 15.8. The SMILES string of the molecule is CCC(CNC(=O)c1ccccc1SC(F)F)CC(=O)O. The van der Waals surface area contributed by atoms with Gasteiger partial charge in [-0.05, 0) is 18.1 Å². The van der Waals surface area contributed by atoms with Crippen LogP contribution >= 0.6 is 11.8 Å². The first-order valence-corrected chi connectivity index (χ1v) is 7.35. The Morgan fingerprint density at radius 3 is 2.57 bits per heavy atom. The van der Waals surface area contributed by atoms with Crippen LogP contribution in [0, 0.1) is 5.92 Å². The Morgan fingerprint density at radius 2 is 2.00 bits per heavy atom. The van der Waals surface area contributed by atoms with Crippen LogP contribution in [0.15, 0.2) is 29.2 Å². The molecule has 0 saturated carbocycles. The van der Waals surface area contributed by atoms with Crippen molar-refractivity contribution in [2.45, 2.75) is 30.4 Å². The molecule has 1 rings (SSSR count). The van der Waals surface area contributed by atoms with E-state index in [0.29, 0.717) is 18.2 Å². The van der Waals surface area contributed by atoms with Gasteiger partial charge in [0.25, 0.3) is 11.7 Å². The highest BCUT2D eigenvalue weighted by Gasteiger charge is 2.17. The zero-order valence-electron chi connectivity index (χ0n) is 11.5. The number of amides is 1. The molecule has 0 spiro atoms. The summed E-state index contributed by atoms with van der Waals surface area (Å²) in [6.07, 6.45) is 0.574. The molecule has 0 radical (unpaired) electrons. The minimum Gasteiger partial charge on any atom is -0.481 e. The number of hydrogen-bond acceptors (Lipinski definition) is 3. The Balaban J connectivity index is 2.69. The van der Waals surface area contributed by atoms with Crippen molar-refractivity contribution in [3.63, 3.8) is 0 Å². The topological polar surface area (TPSA) is 66.4 Å². The highest BCUT2D eigenvalue weighted by molar-refractivity contribution is 7.99. The second-order valence-corrected chi connectivity index (χ2v) is 5.49. The molecule has 116 valence electrons. The largest absolute Gasteiger partial charge is 0.481 e. The predicted octanol–water partition coefficient (Wildman–Crippen LogP) is 3.23. The fourth-order valence-electron chi connectivity index (χ4n) is 1.79. The lowest BCUT2D eigenvalue weighted by Gasteiger charge is -2.14. The number of rotatable bonds is 8. The molecule has 0 aromatic heterocycles. The maximum atomic E-state index is 12.4. The molecule has 7 heteroatoms. The van der Waals surface area contributed by atoms with E-state index in [1.165, 1.54) is 12.1 Å². The van der Waals surface area contributed by atoms with Crippen molar-refractivity contribution in [1.82, 2.24) is 5.32 Å². The Bertz CT molecular complexity index is 497. The number of carboxylic acid groups (broad SMARTS) is 1. The summed E-state index contributed by atoms with van der Waals surface area (Å²) < 4.78 is 24.9. The molecule has 0 heterocycles. The number of alkyl halides is 2. The van der Waals surface area contributed by atoms with Crippen molar-refractivity contribution in [2.24, 2.45) is 5.92 Å². The van der Waals surface area contributed by atoms with Crippen molar-refractivity contribution in [2.75, 3.05) is 6.54 Å². The smallest absolute Gasteiger partial charge is 0.303 e. The number of thioether (sulfide) groups is 1. The van der Waals surface area contributed by atoms with Crippen LogP contribution in [0.5, 0.6) is 0 Å². The van der Waals surface area contributed by atoms with Gasteiger partial charge in [0, 0.05) is 17.9 Å². The quantitative estimate of drug-likeness (QED) is 0.722. The lowest BCUT2D eigenvalue weighted by Crippen LogP contribution is -2.30. The Kier molecular flexibility index (Phi) is 7.14. The first-order valence-electron chi connectivity index (χ1n) is 6.47. The molecule has 0 aliphatic heterocycles. The molecule has 1 aromatic rings. The van der Waals surface area contributed by atoms with E-state index in [1.807, 2.05) is 6.92 Å². The van der Waals surface area contributed by atoms with Crippen LogP contribution in [0.4, 0.5) is 8.78 Å². The van der Waals surface area contributed by atoms with Crippen LogP contribution in [0.25, 0.3) is 0 Å². The third-order valence-corrected chi connectivity index (χ3v) is 3.73. The van der Waals surface area contributed by atoms with E-state index in [4.69, 9.17) is 5.11 Å². The van der Waals surface area contributed by atoms with Gasteiger partial charge < -0.3 is 10.4 Å². The van der Waals surface area contributed by atoms with E-state index >= 15 is 0 Å². The molecular formula is C14H17F2NO3S. The number of carbonyl (C=O) groups is 2. The lowest BCUT2D eigenvalue weighted by molar-refractivity contribution is -0.138. The first-order chi connectivity index (χ1) is 9.93. The molecule has 1 unspecified atom stereocenters. The minimum atomic E-state index is -2.60. The molecule has 0 aliphatic carbocycles. The van der Waals surface area contributed by atoms with Crippen molar-refractivity contribution < 1.29 is 23.5 Å². The van der Waals surface area contributed by atoms with Gasteiger partial charge in [0.05, 0.1) is 5.56 Å². The second kappa shape index (κ2) is 8.61. The fraction of sp³-hybridized carbons (Fsp3) is 0.429. The number of carbonyl (C=O) groups excluding carboxylic acids is 1. The predicted molar refractivity (Wildman–Crippen MR) is 76.7 cm³/mol. The van der Waals surface area contributed by atoms with E-state index in [0.717, 1.165) is 0 Å². The Labute approximate surface area is 125 Å². The third kappa shape index (κ3) is 6.12. The van der Waals surface area contributed by atoms with Crippen LogP contribution in [0.1, 0.15) is 30.1 Å². The average Bonchev–Trinajstić information content (AvgIpc) is 2.42. The molecule has 0 aliphatic rings. The normalized spacial score (nSPS) is 12.2. The van der Waals surface area contributed by atoms with Crippen LogP contribution in [0.2, 0.25) is 0 Å². The van der Waals surface area contributed by atoms with E-state index in [-0.39, 0.29) is 29.3 Å². The van der Waals surface area contributed by atoms with Gasteiger partial charge in [0.1, 0.15) is 0 Å². The van der Waals surface area contributed by atoms with E-state index < -0.39 is 17.6 Å². The van der Waals surface area contributed by atoms with Crippen LogP contribution in [-0.2, 0) is 4.79 Å². The van der Waals surface area contributed by atoms with E-state index in [9.17, 15) is 18.4 Å². The molecule has 0 saturated heterocycles. The van der Waals surface area contributed by atoms with Gasteiger partial charge in [-0.15, -0.1) is 0 Å². The average molecular weight is 317 g/mol. The summed E-state index contributed by atoms with van der Waals surface area (Å²) in [7, 11) is 0. The molecular weight excluding hydrogens is 300 g/mol. The molecule has 1 aromatic carbocycles. The van der Waals surface area contributed by atoms with Crippen molar-refractivity contribution in [1.29, 1.82) is 0 Å². The van der Waals surface area contributed by atoms with E-state index in [1.54, 1.807) is 12.1 Å². The summed E-state index contributed by atoms with van der Waals surface area (Å²) in [5.74, 6) is -4.18. The summed E-state index contributed by atoms with van der Waals surface area (Å²) in [6.45, 7) is 2.04. The van der Waals surface area contributed by atoms with Crippen molar-refractivity contribution in [3.05, 3.63) is 29.8 Å². The lowest BCUT2D eigenvalue weighted by atomic mass is 10.0. The van der Waals surface area contributed by atoms with Crippen LogP contribution < -0.4 is 5.32 Å². The molecule has 1 atom stereocenters. The molecule has 0 fully saturated rings. The number of halogens is 2. The third-order valence-electron chi connectivity index (χ3n) is 2.94. The number of nitrogens with one attached hydrogen (secondary N) is 1. The number of carboxylic acids is 1. The zero-order valence-corrected chi connectivity index (χ0v) is 12.3. The number of benzene rings is 1. The second-order valence-electron chi connectivity index (χ2n) is 4.46. The Hall–Kier alpha value is -1.63. The monoisotopic (exact) mass is 317 g/mol. The highest BCUT2D eigenvalue weighted by atomic mass is 32.2. The van der Waals surface area contributed by atoms with Gasteiger partial charge in [-0.3, -0.25) is 9.59 Å². The summed E-state index contributed by atoms with van der Waals surface area (Å²) >= 11 is 0.316. The number of aliphatic carboxylic acids is 1. The maximum Gasteiger partial charge on any atom is 0.303 e. The van der Waals surface area contributed by atoms with Gasteiger partial charge >= 0.3 is 5.97 Å². The van der Waals surface area contributed by atoms with Gasteiger partial charge in [0.15, 0.2) is 0 Å².